The highest BCUT2D eigenvalue weighted by Gasteiger charge is 2.47. The van der Waals surface area contributed by atoms with Gasteiger partial charge in [0.15, 0.2) is 32.7 Å². The van der Waals surface area contributed by atoms with Gasteiger partial charge in [-0.05, 0) is 143 Å². The second-order valence-corrected chi connectivity index (χ2v) is 24.4. The first kappa shape index (κ1) is 61.0. The van der Waals surface area contributed by atoms with Gasteiger partial charge in [-0.1, -0.05) is 34.8 Å². The summed E-state index contributed by atoms with van der Waals surface area (Å²) in [6, 6.07) is 12.1. The number of pyridine rings is 3. The van der Waals surface area contributed by atoms with Crippen molar-refractivity contribution in [2.75, 3.05) is 0 Å². The van der Waals surface area contributed by atoms with Crippen molar-refractivity contribution in [3.63, 3.8) is 0 Å². The molecule has 1 N–H and O–H groups in total. The molecule has 0 spiro atoms. The van der Waals surface area contributed by atoms with Crippen LogP contribution in [0.1, 0.15) is 128 Å². The van der Waals surface area contributed by atoms with Gasteiger partial charge in [0.2, 0.25) is 35.3 Å². The number of hydrogen-bond acceptors (Lipinski definition) is 20. The summed E-state index contributed by atoms with van der Waals surface area (Å²) < 4.78 is 47.1. The third-order valence-electron chi connectivity index (χ3n) is 15.6. The van der Waals surface area contributed by atoms with Crippen molar-refractivity contribution < 1.29 is 47.5 Å². The monoisotopic (exact) mass is 1220 g/mol. The number of halogens is 3. The number of hydrogen-bond donors (Lipinski definition) is 1. The third kappa shape index (κ3) is 15.3. The number of piperidine rings is 3. The summed E-state index contributed by atoms with van der Waals surface area (Å²) in [6.07, 6.45) is 19.9. The van der Waals surface area contributed by atoms with Crippen LogP contribution in [-0.2, 0) is 9.47 Å². The SMILES string of the molecule is Cc1c(Oc2cccnc2Cl)ncnc1OC1CC2CCC(C1)N2.Cc1c(Oc2cccnc2Cl)ncnc1OC1CC2CCC(C1)N2C(=O)OC(C)(C)C.Cc1c(Oc2cccnc2Cl)ncnc1OC1CC2CCC(C1)N2C(=O)OC(C)C. The minimum Gasteiger partial charge on any atom is -0.474 e. The molecule has 6 saturated heterocycles. The summed E-state index contributed by atoms with van der Waals surface area (Å²) in [5.41, 5.74) is 1.63. The number of carbonyl (C=O) groups excluding carboxylic acids is 2. The molecule has 0 aromatic carbocycles. The number of ether oxygens (including phenoxy) is 8. The molecule has 6 aliphatic rings. The minimum atomic E-state index is -0.504. The zero-order valence-corrected chi connectivity index (χ0v) is 51.1. The van der Waals surface area contributed by atoms with Crippen molar-refractivity contribution in [1.29, 1.82) is 0 Å². The molecule has 22 nitrogen and oxygen atoms in total. The average Bonchev–Trinajstić information content (AvgIpc) is 2.83. The second-order valence-electron chi connectivity index (χ2n) is 23.3. The van der Waals surface area contributed by atoms with Crippen LogP contribution in [0.2, 0.25) is 15.5 Å². The van der Waals surface area contributed by atoms with E-state index in [0.29, 0.717) is 80.9 Å². The largest absolute Gasteiger partial charge is 0.474 e. The number of aromatic nitrogens is 9. The Balaban J connectivity index is 0.000000143. The Morgan fingerprint density at radius 1 is 0.494 bits per heavy atom. The number of nitrogens with one attached hydrogen (secondary N) is 1. The fourth-order valence-electron chi connectivity index (χ4n) is 11.8. The number of nitrogens with zero attached hydrogens (tertiary/aromatic N) is 11. The molecule has 6 atom stereocenters. The molecular formula is C60H71Cl3N12O10. The second kappa shape index (κ2) is 27.1. The van der Waals surface area contributed by atoms with E-state index >= 15 is 0 Å². The molecule has 12 rings (SSSR count). The Kier molecular flexibility index (Phi) is 19.4. The molecule has 0 saturated carbocycles. The van der Waals surface area contributed by atoms with Crippen LogP contribution in [0.5, 0.6) is 52.5 Å². The van der Waals surface area contributed by atoms with Gasteiger partial charge in [0, 0.05) is 80.5 Å². The van der Waals surface area contributed by atoms with E-state index in [2.05, 4.69) is 50.2 Å². The molecule has 25 heteroatoms. The Labute approximate surface area is 509 Å². The summed E-state index contributed by atoms with van der Waals surface area (Å²) in [5.74, 6) is 4.00. The first-order chi connectivity index (χ1) is 40.8. The molecule has 0 aliphatic carbocycles. The Hall–Kier alpha value is -7.14. The van der Waals surface area contributed by atoms with Crippen molar-refractivity contribution in [1.82, 2.24) is 60.0 Å². The maximum Gasteiger partial charge on any atom is 0.410 e. The molecule has 452 valence electrons. The zero-order valence-electron chi connectivity index (χ0n) is 48.8. The summed E-state index contributed by atoms with van der Waals surface area (Å²) in [4.78, 5) is 66.4. The lowest BCUT2D eigenvalue weighted by molar-refractivity contribution is -0.00779. The molecule has 6 aliphatic heterocycles. The van der Waals surface area contributed by atoms with Crippen LogP contribution in [-0.4, -0.2) is 133 Å². The van der Waals surface area contributed by atoms with Gasteiger partial charge in [0.25, 0.3) is 0 Å². The molecule has 6 unspecified atom stereocenters. The number of rotatable bonds is 13. The number of amides is 2. The molecule has 6 bridgehead atoms. The van der Waals surface area contributed by atoms with Crippen LogP contribution in [0.25, 0.3) is 0 Å². The third-order valence-corrected chi connectivity index (χ3v) is 16.4. The van der Waals surface area contributed by atoms with Gasteiger partial charge in [0.05, 0.1) is 22.8 Å². The summed E-state index contributed by atoms with van der Waals surface area (Å²) in [7, 11) is 0. The predicted octanol–water partition coefficient (Wildman–Crippen LogP) is 12.8. The van der Waals surface area contributed by atoms with Crippen LogP contribution in [0.4, 0.5) is 9.59 Å². The lowest BCUT2D eigenvalue weighted by Gasteiger charge is -2.39. The number of carbonyl (C=O) groups is 2. The average molecular weight is 1230 g/mol. The van der Waals surface area contributed by atoms with E-state index in [1.54, 1.807) is 55.0 Å². The van der Waals surface area contributed by atoms with E-state index in [0.717, 1.165) is 69.8 Å². The van der Waals surface area contributed by atoms with Gasteiger partial charge in [-0.15, -0.1) is 0 Å². The fourth-order valence-corrected chi connectivity index (χ4v) is 12.2. The van der Waals surface area contributed by atoms with Gasteiger partial charge in [-0.25, -0.2) is 54.4 Å². The van der Waals surface area contributed by atoms with E-state index in [4.69, 9.17) is 72.7 Å². The lowest BCUT2D eigenvalue weighted by atomic mass is 10.00. The highest BCUT2D eigenvalue weighted by atomic mass is 35.5. The molecule has 6 aromatic heterocycles. The molecule has 6 aromatic rings. The van der Waals surface area contributed by atoms with Crippen LogP contribution in [0.3, 0.4) is 0 Å². The van der Waals surface area contributed by atoms with Crippen LogP contribution >= 0.6 is 34.8 Å². The Bertz CT molecular complexity index is 3270. The predicted molar refractivity (Wildman–Crippen MR) is 314 cm³/mol. The molecule has 85 heavy (non-hydrogen) atoms. The fraction of sp³-hybridized carbons (Fsp3) is 0.517. The maximum atomic E-state index is 12.6. The summed E-state index contributed by atoms with van der Waals surface area (Å²) >= 11 is 18.2. The van der Waals surface area contributed by atoms with Crippen molar-refractivity contribution in [3.05, 3.63) is 106 Å². The van der Waals surface area contributed by atoms with Crippen molar-refractivity contribution in [2.24, 2.45) is 0 Å². The zero-order chi connectivity index (χ0) is 59.9. The molecule has 12 heterocycles. The van der Waals surface area contributed by atoms with Crippen LogP contribution in [0, 0.1) is 20.8 Å². The quantitative estimate of drug-likeness (QED) is 0.106. The maximum absolute atomic E-state index is 12.6. The molecular weight excluding hydrogens is 1160 g/mol. The van der Waals surface area contributed by atoms with E-state index in [-0.39, 0.29) is 71.1 Å². The van der Waals surface area contributed by atoms with E-state index in [1.807, 2.05) is 65.2 Å². The first-order valence-corrected chi connectivity index (χ1v) is 30.0. The van der Waals surface area contributed by atoms with Crippen molar-refractivity contribution >= 4 is 47.0 Å². The molecule has 6 fully saturated rings. The van der Waals surface area contributed by atoms with Gasteiger partial charge >= 0.3 is 12.2 Å². The van der Waals surface area contributed by atoms with E-state index < -0.39 is 5.60 Å². The van der Waals surface area contributed by atoms with E-state index in [1.165, 1.54) is 31.8 Å². The first-order valence-electron chi connectivity index (χ1n) is 28.9. The smallest absolute Gasteiger partial charge is 0.410 e. The van der Waals surface area contributed by atoms with Crippen molar-refractivity contribution in [3.8, 4) is 52.5 Å². The summed E-state index contributed by atoms with van der Waals surface area (Å²) in [6.45, 7) is 15.0. The standard InChI is InChI=1S/C22H27ClN4O4.C21H25ClN4O4.C17H19ClN4O2/c1-13-19(25-12-26-20(13)30-17-6-5-9-24-18(17)23)29-16-10-14-7-8-15(11-16)27(14)21(28)31-22(2,3)4;1-12(2)28-21(27)26-14-6-7-15(26)10-16(9-14)29-19-13(3)20(25-11-24-19)30-17-5-4-8-23-18(17)22;1-10-16(23-13-7-11-4-5-12(8-13)22-11)20-9-21-17(10)24-14-3-2-6-19-15(14)18/h5-6,9,12,14-16H,7-8,10-11H2,1-4H3;4-5,8,11-12,14-16H,6-7,9-10H2,1-3H3;2-3,6,9,11-13,22H,4-5,7-8H2,1H3. The highest BCUT2D eigenvalue weighted by Crippen LogP contribution is 2.42. The van der Waals surface area contributed by atoms with Gasteiger partial charge in [-0.2, -0.15) is 0 Å². The highest BCUT2D eigenvalue weighted by molar-refractivity contribution is 6.31. The van der Waals surface area contributed by atoms with Crippen LogP contribution in [0.15, 0.2) is 74.0 Å². The Morgan fingerprint density at radius 2 is 0.824 bits per heavy atom. The minimum absolute atomic E-state index is 0.0333. The normalized spacial score (nSPS) is 23.6. The molecule has 0 radical (unpaired) electrons. The van der Waals surface area contributed by atoms with Gasteiger partial charge < -0.3 is 53.0 Å². The summed E-state index contributed by atoms with van der Waals surface area (Å²) in [5, 5.41) is 4.43. The van der Waals surface area contributed by atoms with Crippen LogP contribution < -0.4 is 33.7 Å². The van der Waals surface area contributed by atoms with Gasteiger partial charge in [0.1, 0.15) is 42.9 Å². The topological polar surface area (TPSA) is 242 Å². The lowest BCUT2D eigenvalue weighted by Crippen LogP contribution is -2.50. The number of fused-ring (bicyclic) bond motifs is 6. The van der Waals surface area contributed by atoms with Gasteiger partial charge in [-0.3, -0.25) is 0 Å². The van der Waals surface area contributed by atoms with E-state index in [9.17, 15) is 9.59 Å². The molecule has 2 amide bonds. The Morgan fingerprint density at radius 3 is 1.15 bits per heavy atom. The van der Waals surface area contributed by atoms with Crippen molar-refractivity contribution in [2.45, 2.75) is 199 Å².